The van der Waals surface area contributed by atoms with E-state index in [-0.39, 0.29) is 12.6 Å². The molecule has 0 radical (unpaired) electrons. The first kappa shape index (κ1) is 14.3. The van der Waals surface area contributed by atoms with Crippen molar-refractivity contribution in [3.8, 4) is 0 Å². The van der Waals surface area contributed by atoms with Gasteiger partial charge in [0.15, 0.2) is 0 Å². The van der Waals surface area contributed by atoms with Gasteiger partial charge in [-0.25, -0.2) is 0 Å². The first-order chi connectivity index (χ1) is 9.02. The summed E-state index contributed by atoms with van der Waals surface area (Å²) in [4.78, 5) is 12.7. The number of likely N-dealkylation sites (tertiary alicyclic amines) is 1. The Labute approximate surface area is 118 Å². The molecule has 2 atom stereocenters. The third-order valence-electron chi connectivity index (χ3n) is 3.42. The Morgan fingerprint density at radius 3 is 2.95 bits per heavy atom. The zero-order valence-corrected chi connectivity index (χ0v) is 11.5. The molecule has 1 aromatic rings. The van der Waals surface area contributed by atoms with Gasteiger partial charge in [-0.15, -0.1) is 0 Å². The lowest BCUT2D eigenvalue weighted by molar-refractivity contribution is -0.138. The number of hydrogen-bond donors (Lipinski definition) is 2. The Hall–Kier alpha value is -1.10. The van der Waals surface area contributed by atoms with Gasteiger partial charge in [0.2, 0.25) is 0 Å². The zero-order chi connectivity index (χ0) is 13.8. The minimum Gasteiger partial charge on any atom is -0.480 e. The number of carbonyl (C=O) groups is 1. The molecule has 1 heterocycles. The average molecular weight is 283 g/mol. The molecule has 3 N–H and O–H groups in total. The Balaban J connectivity index is 1.97. The van der Waals surface area contributed by atoms with E-state index in [2.05, 4.69) is 0 Å². The Bertz CT molecular complexity index is 453. The molecular formula is C14H19ClN2O2. The summed E-state index contributed by atoms with van der Waals surface area (Å²) in [5.41, 5.74) is 7.20. The summed E-state index contributed by atoms with van der Waals surface area (Å²) in [5.74, 6) is -0.405. The number of piperidine rings is 1. The highest BCUT2D eigenvalue weighted by molar-refractivity contribution is 6.30. The molecule has 0 bridgehead atoms. The van der Waals surface area contributed by atoms with Crippen molar-refractivity contribution in [1.82, 2.24) is 4.90 Å². The molecule has 4 nitrogen and oxygen atoms in total. The number of nitrogens with zero attached hydrogens (tertiary/aromatic N) is 1. The lowest BCUT2D eigenvalue weighted by Gasteiger charge is -2.35. The van der Waals surface area contributed by atoms with E-state index in [9.17, 15) is 4.79 Å². The van der Waals surface area contributed by atoms with Gasteiger partial charge < -0.3 is 10.8 Å². The number of rotatable bonds is 4. The number of benzene rings is 1. The summed E-state index contributed by atoms with van der Waals surface area (Å²) in [6.45, 7) is 1.52. The van der Waals surface area contributed by atoms with Gasteiger partial charge in [-0.2, -0.15) is 0 Å². The zero-order valence-electron chi connectivity index (χ0n) is 10.8. The smallest absolute Gasteiger partial charge is 0.317 e. The van der Waals surface area contributed by atoms with Crippen LogP contribution in [0.5, 0.6) is 0 Å². The molecule has 1 aliphatic rings. The molecule has 104 valence electrons. The summed E-state index contributed by atoms with van der Waals surface area (Å²) >= 11 is 5.98. The van der Waals surface area contributed by atoms with Crippen LogP contribution in [-0.4, -0.2) is 41.7 Å². The highest BCUT2D eigenvalue weighted by atomic mass is 35.5. The fourth-order valence-corrected chi connectivity index (χ4v) is 3.03. The Morgan fingerprint density at radius 1 is 1.47 bits per heavy atom. The van der Waals surface area contributed by atoms with Crippen molar-refractivity contribution in [3.63, 3.8) is 0 Å². The van der Waals surface area contributed by atoms with Gasteiger partial charge in [-0.1, -0.05) is 23.7 Å². The largest absolute Gasteiger partial charge is 0.480 e. The van der Waals surface area contributed by atoms with Crippen molar-refractivity contribution in [2.75, 3.05) is 19.6 Å². The molecule has 2 unspecified atom stereocenters. The maximum absolute atomic E-state index is 10.8. The molecule has 0 amide bonds. The number of aliphatic carboxylic acids is 1. The molecule has 1 aliphatic heterocycles. The molecule has 1 fully saturated rings. The fraction of sp³-hybridized carbons (Fsp3) is 0.500. The lowest BCUT2D eigenvalue weighted by atomic mass is 9.89. The molecule has 0 aromatic heterocycles. The normalized spacial score (nSPS) is 24.3. The van der Waals surface area contributed by atoms with Gasteiger partial charge in [0.05, 0.1) is 6.54 Å². The molecule has 2 rings (SSSR count). The molecule has 19 heavy (non-hydrogen) atoms. The SMILES string of the molecule is NC1CC(Cc2cccc(Cl)c2)CN(CC(=O)O)C1. The second-order valence-electron chi connectivity index (χ2n) is 5.28. The van der Waals surface area contributed by atoms with Gasteiger partial charge in [-0.05, 0) is 36.5 Å². The average Bonchev–Trinajstić information content (AvgIpc) is 2.26. The standard InChI is InChI=1S/C14H19ClN2O2/c15-12-3-1-2-10(5-12)4-11-6-13(16)8-17(7-11)9-14(18)19/h1-3,5,11,13H,4,6-9,16H2,(H,18,19). The van der Waals surface area contributed by atoms with Crippen LogP contribution in [0.2, 0.25) is 5.02 Å². The Morgan fingerprint density at radius 2 is 2.26 bits per heavy atom. The van der Waals surface area contributed by atoms with Crippen molar-refractivity contribution in [2.45, 2.75) is 18.9 Å². The maximum atomic E-state index is 10.8. The first-order valence-electron chi connectivity index (χ1n) is 6.47. The molecule has 0 aliphatic carbocycles. The molecule has 5 heteroatoms. The monoisotopic (exact) mass is 282 g/mol. The number of carboxylic acid groups (broad SMARTS) is 1. The van der Waals surface area contributed by atoms with E-state index in [1.807, 2.05) is 29.2 Å². The van der Waals surface area contributed by atoms with Crippen LogP contribution >= 0.6 is 11.6 Å². The van der Waals surface area contributed by atoms with Crippen molar-refractivity contribution < 1.29 is 9.90 Å². The summed E-state index contributed by atoms with van der Waals surface area (Å²) in [5, 5.41) is 9.60. The van der Waals surface area contributed by atoms with E-state index in [0.717, 1.165) is 24.4 Å². The highest BCUT2D eigenvalue weighted by Crippen LogP contribution is 2.21. The summed E-state index contributed by atoms with van der Waals surface area (Å²) < 4.78 is 0. The predicted octanol–water partition coefficient (Wildman–Crippen LogP) is 1.62. The molecule has 0 saturated carbocycles. The van der Waals surface area contributed by atoms with Gasteiger partial charge in [-0.3, -0.25) is 9.69 Å². The Kier molecular flexibility index (Phi) is 4.80. The second-order valence-corrected chi connectivity index (χ2v) is 5.72. The van der Waals surface area contributed by atoms with Gasteiger partial charge >= 0.3 is 5.97 Å². The van der Waals surface area contributed by atoms with E-state index in [0.29, 0.717) is 12.5 Å². The van der Waals surface area contributed by atoms with E-state index >= 15 is 0 Å². The molecule has 0 spiro atoms. The van der Waals surface area contributed by atoms with Crippen molar-refractivity contribution in [3.05, 3.63) is 34.9 Å². The van der Waals surface area contributed by atoms with Crippen LogP contribution in [-0.2, 0) is 11.2 Å². The van der Waals surface area contributed by atoms with Crippen molar-refractivity contribution in [2.24, 2.45) is 11.7 Å². The number of nitrogens with two attached hydrogens (primary N) is 1. The van der Waals surface area contributed by atoms with Crippen LogP contribution in [0.3, 0.4) is 0 Å². The van der Waals surface area contributed by atoms with Gasteiger partial charge in [0.1, 0.15) is 0 Å². The highest BCUT2D eigenvalue weighted by Gasteiger charge is 2.26. The van der Waals surface area contributed by atoms with Crippen LogP contribution in [0.1, 0.15) is 12.0 Å². The number of hydrogen-bond acceptors (Lipinski definition) is 3. The van der Waals surface area contributed by atoms with Crippen LogP contribution in [0.15, 0.2) is 24.3 Å². The minimum absolute atomic E-state index is 0.0530. The topological polar surface area (TPSA) is 66.6 Å². The summed E-state index contributed by atoms with van der Waals surface area (Å²) in [7, 11) is 0. The predicted molar refractivity (Wildman–Crippen MR) is 75.3 cm³/mol. The summed E-state index contributed by atoms with van der Waals surface area (Å²) in [6.07, 6.45) is 1.83. The van der Waals surface area contributed by atoms with Crippen LogP contribution in [0, 0.1) is 5.92 Å². The van der Waals surface area contributed by atoms with E-state index in [1.54, 1.807) is 0 Å². The van der Waals surface area contributed by atoms with Crippen LogP contribution < -0.4 is 5.73 Å². The first-order valence-corrected chi connectivity index (χ1v) is 6.85. The van der Waals surface area contributed by atoms with Gasteiger partial charge in [0, 0.05) is 24.2 Å². The van der Waals surface area contributed by atoms with E-state index < -0.39 is 5.97 Å². The van der Waals surface area contributed by atoms with Crippen molar-refractivity contribution in [1.29, 1.82) is 0 Å². The quantitative estimate of drug-likeness (QED) is 0.881. The second kappa shape index (κ2) is 6.37. The summed E-state index contributed by atoms with van der Waals surface area (Å²) in [6, 6.07) is 7.86. The fourth-order valence-electron chi connectivity index (χ4n) is 2.81. The van der Waals surface area contributed by atoms with Crippen LogP contribution in [0.25, 0.3) is 0 Å². The van der Waals surface area contributed by atoms with E-state index in [4.69, 9.17) is 22.4 Å². The number of carboxylic acids is 1. The van der Waals surface area contributed by atoms with E-state index in [1.165, 1.54) is 5.56 Å². The lowest BCUT2D eigenvalue weighted by Crippen LogP contribution is -2.49. The molecule has 1 saturated heterocycles. The third kappa shape index (κ3) is 4.49. The molecular weight excluding hydrogens is 264 g/mol. The van der Waals surface area contributed by atoms with Crippen LogP contribution in [0.4, 0.5) is 0 Å². The minimum atomic E-state index is -0.796. The maximum Gasteiger partial charge on any atom is 0.317 e. The number of halogens is 1. The third-order valence-corrected chi connectivity index (χ3v) is 3.65. The van der Waals surface area contributed by atoms with Crippen molar-refractivity contribution >= 4 is 17.6 Å². The molecule has 1 aromatic carbocycles. The van der Waals surface area contributed by atoms with Gasteiger partial charge in [0.25, 0.3) is 0 Å².